The Hall–Kier alpha value is -0.930. The highest BCUT2D eigenvalue weighted by atomic mass is 19.1. The molecule has 0 spiro atoms. The molecule has 1 heterocycles. The standard InChI is InChI=1S/C13H19FN2/c1-10-7-13(15)5-6-16(10)9-11-3-2-4-12(14)8-11/h2-4,8,10,13H,5-7,9,15H2,1H3. The minimum absolute atomic E-state index is 0.154. The van der Waals surface area contributed by atoms with Crippen LogP contribution in [0, 0.1) is 5.82 Å². The summed E-state index contributed by atoms with van der Waals surface area (Å²) < 4.78 is 13.0. The lowest BCUT2D eigenvalue weighted by Crippen LogP contribution is -2.44. The van der Waals surface area contributed by atoms with Crippen molar-refractivity contribution in [2.24, 2.45) is 5.73 Å². The molecule has 2 nitrogen and oxygen atoms in total. The molecule has 1 aromatic rings. The third-order valence-electron chi connectivity index (χ3n) is 3.33. The first-order chi connectivity index (χ1) is 7.65. The van der Waals surface area contributed by atoms with Crippen molar-refractivity contribution < 1.29 is 4.39 Å². The molecule has 1 saturated heterocycles. The number of rotatable bonds is 2. The lowest BCUT2D eigenvalue weighted by molar-refractivity contribution is 0.140. The molecule has 0 radical (unpaired) electrons. The van der Waals surface area contributed by atoms with Crippen LogP contribution in [0.3, 0.4) is 0 Å². The van der Waals surface area contributed by atoms with E-state index in [9.17, 15) is 4.39 Å². The molecule has 2 rings (SSSR count). The Labute approximate surface area is 96.2 Å². The Morgan fingerprint density at radius 1 is 1.50 bits per heavy atom. The Balaban J connectivity index is 1.99. The zero-order valence-corrected chi connectivity index (χ0v) is 9.70. The third kappa shape index (κ3) is 2.80. The van der Waals surface area contributed by atoms with Gasteiger partial charge in [-0.15, -0.1) is 0 Å². The minimum Gasteiger partial charge on any atom is -0.328 e. The van der Waals surface area contributed by atoms with Gasteiger partial charge in [0, 0.05) is 25.2 Å². The van der Waals surface area contributed by atoms with Crippen LogP contribution in [0.25, 0.3) is 0 Å². The van der Waals surface area contributed by atoms with E-state index in [0.717, 1.165) is 31.5 Å². The summed E-state index contributed by atoms with van der Waals surface area (Å²) in [5.74, 6) is -0.154. The first-order valence-electron chi connectivity index (χ1n) is 5.89. The molecule has 0 bridgehead atoms. The molecule has 0 aliphatic carbocycles. The summed E-state index contributed by atoms with van der Waals surface area (Å²) in [6.45, 7) is 4.03. The molecule has 2 N–H and O–H groups in total. The van der Waals surface area contributed by atoms with Gasteiger partial charge < -0.3 is 5.73 Å². The quantitative estimate of drug-likeness (QED) is 0.830. The van der Waals surface area contributed by atoms with Crippen LogP contribution in [0.4, 0.5) is 4.39 Å². The Bertz CT molecular complexity index is 354. The van der Waals surface area contributed by atoms with Gasteiger partial charge in [-0.3, -0.25) is 4.90 Å². The largest absolute Gasteiger partial charge is 0.328 e. The van der Waals surface area contributed by atoms with Crippen molar-refractivity contribution in [2.75, 3.05) is 6.54 Å². The normalized spacial score (nSPS) is 26.9. The number of nitrogens with zero attached hydrogens (tertiary/aromatic N) is 1. The van der Waals surface area contributed by atoms with Gasteiger partial charge in [-0.2, -0.15) is 0 Å². The topological polar surface area (TPSA) is 29.3 Å². The summed E-state index contributed by atoms with van der Waals surface area (Å²) >= 11 is 0. The smallest absolute Gasteiger partial charge is 0.123 e. The third-order valence-corrected chi connectivity index (χ3v) is 3.33. The number of halogens is 1. The number of hydrogen-bond donors (Lipinski definition) is 1. The van der Waals surface area contributed by atoms with Gasteiger partial charge in [0.15, 0.2) is 0 Å². The van der Waals surface area contributed by atoms with Crippen LogP contribution in [0.5, 0.6) is 0 Å². The highest BCUT2D eigenvalue weighted by Crippen LogP contribution is 2.18. The molecular weight excluding hydrogens is 203 g/mol. The van der Waals surface area contributed by atoms with E-state index in [1.165, 1.54) is 6.07 Å². The summed E-state index contributed by atoms with van der Waals surface area (Å²) in [7, 11) is 0. The van der Waals surface area contributed by atoms with E-state index in [-0.39, 0.29) is 5.82 Å². The molecule has 1 aliphatic heterocycles. The predicted molar refractivity (Wildman–Crippen MR) is 63.5 cm³/mol. The fourth-order valence-electron chi connectivity index (χ4n) is 2.36. The van der Waals surface area contributed by atoms with Gasteiger partial charge in [0.05, 0.1) is 0 Å². The highest BCUT2D eigenvalue weighted by molar-refractivity contribution is 5.16. The van der Waals surface area contributed by atoms with Crippen LogP contribution in [0.1, 0.15) is 25.3 Å². The Morgan fingerprint density at radius 2 is 2.31 bits per heavy atom. The number of hydrogen-bond acceptors (Lipinski definition) is 2. The van der Waals surface area contributed by atoms with Crippen LogP contribution in [-0.4, -0.2) is 23.5 Å². The number of benzene rings is 1. The molecule has 88 valence electrons. The van der Waals surface area contributed by atoms with Crippen LogP contribution in [-0.2, 0) is 6.54 Å². The first-order valence-corrected chi connectivity index (χ1v) is 5.89. The lowest BCUT2D eigenvalue weighted by Gasteiger charge is -2.36. The predicted octanol–water partition coefficient (Wildman–Crippen LogP) is 2.14. The fourth-order valence-corrected chi connectivity index (χ4v) is 2.36. The summed E-state index contributed by atoms with van der Waals surface area (Å²) in [6, 6.07) is 7.67. The summed E-state index contributed by atoms with van der Waals surface area (Å²) in [5, 5.41) is 0. The Morgan fingerprint density at radius 3 is 3.00 bits per heavy atom. The van der Waals surface area contributed by atoms with Crippen molar-refractivity contribution in [3.8, 4) is 0 Å². The van der Waals surface area contributed by atoms with Crippen molar-refractivity contribution >= 4 is 0 Å². The van der Waals surface area contributed by atoms with Crippen LogP contribution in [0.2, 0.25) is 0 Å². The van der Waals surface area contributed by atoms with Crippen molar-refractivity contribution in [1.82, 2.24) is 4.90 Å². The lowest BCUT2D eigenvalue weighted by atomic mass is 9.98. The van der Waals surface area contributed by atoms with E-state index in [2.05, 4.69) is 11.8 Å². The van der Waals surface area contributed by atoms with Crippen LogP contribution >= 0.6 is 0 Å². The number of likely N-dealkylation sites (tertiary alicyclic amines) is 1. The van der Waals surface area contributed by atoms with E-state index >= 15 is 0 Å². The zero-order valence-electron chi connectivity index (χ0n) is 9.70. The molecule has 2 atom stereocenters. The summed E-state index contributed by atoms with van der Waals surface area (Å²) in [6.07, 6.45) is 2.08. The van der Waals surface area contributed by atoms with Crippen LogP contribution in [0.15, 0.2) is 24.3 Å². The summed E-state index contributed by atoms with van der Waals surface area (Å²) in [5.41, 5.74) is 6.96. The van der Waals surface area contributed by atoms with Crippen molar-refractivity contribution in [3.05, 3.63) is 35.6 Å². The first kappa shape index (κ1) is 11.6. The second-order valence-electron chi connectivity index (χ2n) is 4.73. The monoisotopic (exact) mass is 222 g/mol. The van der Waals surface area contributed by atoms with E-state index in [4.69, 9.17) is 5.73 Å². The molecule has 1 fully saturated rings. The van der Waals surface area contributed by atoms with E-state index in [1.54, 1.807) is 12.1 Å². The molecule has 0 amide bonds. The van der Waals surface area contributed by atoms with Gasteiger partial charge in [0.1, 0.15) is 5.82 Å². The van der Waals surface area contributed by atoms with Gasteiger partial charge >= 0.3 is 0 Å². The van der Waals surface area contributed by atoms with E-state index < -0.39 is 0 Å². The molecule has 16 heavy (non-hydrogen) atoms. The molecule has 0 aromatic heterocycles. The summed E-state index contributed by atoms with van der Waals surface area (Å²) in [4.78, 5) is 2.37. The van der Waals surface area contributed by atoms with Gasteiger partial charge in [-0.05, 0) is 37.5 Å². The van der Waals surface area contributed by atoms with Crippen LogP contribution < -0.4 is 5.73 Å². The molecule has 1 aromatic carbocycles. The average molecular weight is 222 g/mol. The minimum atomic E-state index is -0.154. The van der Waals surface area contributed by atoms with E-state index in [1.807, 2.05) is 6.07 Å². The number of piperidine rings is 1. The van der Waals surface area contributed by atoms with Gasteiger partial charge in [-0.1, -0.05) is 12.1 Å². The van der Waals surface area contributed by atoms with Gasteiger partial charge in [0.25, 0.3) is 0 Å². The SMILES string of the molecule is CC1CC(N)CCN1Cc1cccc(F)c1. The second-order valence-corrected chi connectivity index (χ2v) is 4.73. The fraction of sp³-hybridized carbons (Fsp3) is 0.538. The molecular formula is C13H19FN2. The van der Waals surface area contributed by atoms with Crippen molar-refractivity contribution in [3.63, 3.8) is 0 Å². The molecule has 0 saturated carbocycles. The average Bonchev–Trinajstić information content (AvgIpc) is 2.22. The second kappa shape index (κ2) is 4.93. The highest BCUT2D eigenvalue weighted by Gasteiger charge is 2.22. The van der Waals surface area contributed by atoms with E-state index in [0.29, 0.717) is 12.1 Å². The number of nitrogens with two attached hydrogens (primary N) is 1. The molecule has 3 heteroatoms. The molecule has 2 unspecified atom stereocenters. The maximum atomic E-state index is 13.0. The Kier molecular flexibility index (Phi) is 3.56. The zero-order chi connectivity index (χ0) is 11.5. The van der Waals surface area contributed by atoms with Crippen molar-refractivity contribution in [2.45, 2.75) is 38.4 Å². The maximum absolute atomic E-state index is 13.0. The maximum Gasteiger partial charge on any atom is 0.123 e. The van der Waals surface area contributed by atoms with Gasteiger partial charge in [-0.25, -0.2) is 4.39 Å². The molecule has 1 aliphatic rings. The van der Waals surface area contributed by atoms with Gasteiger partial charge in [0.2, 0.25) is 0 Å². The van der Waals surface area contributed by atoms with Crippen molar-refractivity contribution in [1.29, 1.82) is 0 Å².